The summed E-state index contributed by atoms with van der Waals surface area (Å²) in [4.78, 5) is 2.34. The van der Waals surface area contributed by atoms with Crippen molar-refractivity contribution in [3.8, 4) is 0 Å². The van der Waals surface area contributed by atoms with Gasteiger partial charge in [0, 0.05) is 23.6 Å². The van der Waals surface area contributed by atoms with Crippen LogP contribution >= 0.6 is 15.9 Å². The molecule has 1 aromatic rings. The second-order valence-corrected chi connectivity index (χ2v) is 5.44. The van der Waals surface area contributed by atoms with Crippen molar-refractivity contribution in [2.45, 2.75) is 19.4 Å². The summed E-state index contributed by atoms with van der Waals surface area (Å²) >= 11 is 3.63. The molecule has 0 aromatic heterocycles. The first-order valence-electron chi connectivity index (χ1n) is 6.06. The molecule has 2 N–H and O–H groups in total. The number of hydrogen-bond acceptors (Lipinski definition) is 3. The minimum Gasteiger partial charge on any atom is -0.395 e. The molecule has 1 saturated heterocycles. The summed E-state index contributed by atoms with van der Waals surface area (Å²) in [5.41, 5.74) is 2.48. The Morgan fingerprint density at radius 2 is 2.35 bits per heavy atom. The molecule has 3 nitrogen and oxygen atoms in total. The number of benzene rings is 1. The second-order valence-electron chi connectivity index (χ2n) is 4.59. The molecular weight excluding hydrogens is 280 g/mol. The van der Waals surface area contributed by atoms with Crippen LogP contribution in [0.2, 0.25) is 0 Å². The Hall–Kier alpha value is -0.580. The zero-order valence-corrected chi connectivity index (χ0v) is 11.7. The largest absolute Gasteiger partial charge is 0.395 e. The van der Waals surface area contributed by atoms with Crippen molar-refractivity contribution in [1.29, 1.82) is 0 Å². The van der Waals surface area contributed by atoms with Gasteiger partial charge in [-0.25, -0.2) is 0 Å². The average molecular weight is 299 g/mol. The molecule has 1 heterocycles. The molecule has 1 atom stereocenters. The molecule has 1 unspecified atom stereocenters. The Balaban J connectivity index is 2.19. The third-order valence-electron chi connectivity index (χ3n) is 3.14. The van der Waals surface area contributed by atoms with Crippen LogP contribution in [0, 0.1) is 6.92 Å². The molecular formula is C13H19BrN2O. The van der Waals surface area contributed by atoms with Crippen molar-refractivity contribution < 1.29 is 5.11 Å². The standard InChI is InChI=1S/C13H19BrN2O/c1-10-3-4-13(12(14)7-10)16-6-2-5-15-11(8-16)9-17/h3-4,7,11,15,17H,2,5-6,8-9H2,1H3. The summed E-state index contributed by atoms with van der Waals surface area (Å²) in [7, 11) is 0. The van der Waals surface area contributed by atoms with Crippen LogP contribution in [0.15, 0.2) is 22.7 Å². The van der Waals surface area contributed by atoms with E-state index in [1.54, 1.807) is 0 Å². The lowest BCUT2D eigenvalue weighted by Crippen LogP contribution is -2.40. The third kappa shape index (κ3) is 3.21. The monoisotopic (exact) mass is 298 g/mol. The van der Waals surface area contributed by atoms with Gasteiger partial charge in [-0.2, -0.15) is 0 Å². The van der Waals surface area contributed by atoms with E-state index in [0.29, 0.717) is 0 Å². The maximum atomic E-state index is 9.29. The number of aliphatic hydroxyl groups is 1. The first-order chi connectivity index (χ1) is 8.20. The van der Waals surface area contributed by atoms with Crippen LogP contribution in [0.1, 0.15) is 12.0 Å². The normalized spacial score (nSPS) is 21.4. The Morgan fingerprint density at radius 1 is 1.53 bits per heavy atom. The van der Waals surface area contributed by atoms with Gasteiger partial charge in [0.25, 0.3) is 0 Å². The van der Waals surface area contributed by atoms with Crippen molar-refractivity contribution in [2.24, 2.45) is 0 Å². The van der Waals surface area contributed by atoms with Gasteiger partial charge in [0.2, 0.25) is 0 Å². The molecule has 94 valence electrons. The predicted octanol–water partition coefficient (Wildman–Crippen LogP) is 1.92. The van der Waals surface area contributed by atoms with E-state index in [0.717, 1.165) is 30.5 Å². The fraction of sp³-hybridized carbons (Fsp3) is 0.538. The van der Waals surface area contributed by atoms with E-state index in [1.165, 1.54) is 11.3 Å². The highest BCUT2D eigenvalue weighted by Crippen LogP contribution is 2.28. The van der Waals surface area contributed by atoms with Gasteiger partial charge in [-0.05, 0) is 53.5 Å². The summed E-state index contributed by atoms with van der Waals surface area (Å²) in [6.07, 6.45) is 1.11. The average Bonchev–Trinajstić information content (AvgIpc) is 2.54. The lowest BCUT2D eigenvalue weighted by atomic mass is 10.2. The van der Waals surface area contributed by atoms with Crippen LogP contribution in [-0.4, -0.2) is 37.4 Å². The van der Waals surface area contributed by atoms with Gasteiger partial charge < -0.3 is 15.3 Å². The minimum atomic E-state index is 0.172. The molecule has 17 heavy (non-hydrogen) atoms. The second kappa shape index (κ2) is 5.85. The maximum absolute atomic E-state index is 9.29. The van der Waals surface area contributed by atoms with Crippen LogP contribution < -0.4 is 10.2 Å². The van der Waals surface area contributed by atoms with Crippen LogP contribution in [-0.2, 0) is 0 Å². The summed E-state index contributed by atoms with van der Waals surface area (Å²) in [6.45, 7) is 5.16. The van der Waals surface area contributed by atoms with E-state index in [9.17, 15) is 5.11 Å². The zero-order chi connectivity index (χ0) is 12.3. The summed E-state index contributed by atoms with van der Waals surface area (Å²) < 4.78 is 1.14. The van der Waals surface area contributed by atoms with E-state index in [-0.39, 0.29) is 12.6 Å². The Bertz CT molecular complexity index is 384. The molecule has 0 radical (unpaired) electrons. The molecule has 1 aliphatic heterocycles. The van der Waals surface area contributed by atoms with Gasteiger partial charge in [-0.1, -0.05) is 6.07 Å². The number of nitrogens with zero attached hydrogens (tertiary/aromatic N) is 1. The highest BCUT2D eigenvalue weighted by molar-refractivity contribution is 9.10. The molecule has 0 saturated carbocycles. The fourth-order valence-corrected chi connectivity index (χ4v) is 2.95. The molecule has 1 aliphatic rings. The molecule has 1 fully saturated rings. The highest BCUT2D eigenvalue weighted by Gasteiger charge is 2.18. The predicted molar refractivity (Wildman–Crippen MR) is 74.6 cm³/mol. The smallest absolute Gasteiger partial charge is 0.0601 e. The Kier molecular flexibility index (Phi) is 4.42. The van der Waals surface area contributed by atoms with Crippen molar-refractivity contribution >= 4 is 21.6 Å². The fourth-order valence-electron chi connectivity index (χ4n) is 2.21. The van der Waals surface area contributed by atoms with Crippen molar-refractivity contribution in [2.75, 3.05) is 31.1 Å². The molecule has 0 amide bonds. The minimum absolute atomic E-state index is 0.172. The quantitative estimate of drug-likeness (QED) is 0.876. The molecule has 4 heteroatoms. The van der Waals surface area contributed by atoms with E-state index in [4.69, 9.17) is 0 Å². The molecule has 2 rings (SSSR count). The molecule has 0 aliphatic carbocycles. The number of anilines is 1. The number of nitrogens with one attached hydrogen (secondary N) is 1. The number of aliphatic hydroxyl groups excluding tert-OH is 1. The number of rotatable bonds is 2. The first kappa shape index (κ1) is 12.9. The van der Waals surface area contributed by atoms with Gasteiger partial charge in [0.05, 0.1) is 12.3 Å². The van der Waals surface area contributed by atoms with Crippen LogP contribution in [0.4, 0.5) is 5.69 Å². The highest BCUT2D eigenvalue weighted by atomic mass is 79.9. The number of halogens is 1. The SMILES string of the molecule is Cc1ccc(N2CCCNC(CO)C2)c(Br)c1. The van der Waals surface area contributed by atoms with Crippen molar-refractivity contribution in [3.63, 3.8) is 0 Å². The Labute approximate surface area is 111 Å². The van der Waals surface area contributed by atoms with Crippen molar-refractivity contribution in [3.05, 3.63) is 28.2 Å². The van der Waals surface area contributed by atoms with E-state index >= 15 is 0 Å². The summed E-state index contributed by atoms with van der Waals surface area (Å²) in [6, 6.07) is 6.60. The van der Waals surface area contributed by atoms with Gasteiger partial charge in [-0.15, -0.1) is 0 Å². The van der Waals surface area contributed by atoms with E-state index in [2.05, 4.69) is 51.3 Å². The summed E-state index contributed by atoms with van der Waals surface area (Å²) in [5.74, 6) is 0. The maximum Gasteiger partial charge on any atom is 0.0601 e. The molecule has 0 spiro atoms. The molecule has 1 aromatic carbocycles. The topological polar surface area (TPSA) is 35.5 Å². The van der Waals surface area contributed by atoms with E-state index < -0.39 is 0 Å². The lowest BCUT2D eigenvalue weighted by molar-refractivity contribution is 0.248. The van der Waals surface area contributed by atoms with Gasteiger partial charge >= 0.3 is 0 Å². The van der Waals surface area contributed by atoms with Crippen LogP contribution in [0.25, 0.3) is 0 Å². The number of aryl methyl sites for hydroxylation is 1. The Morgan fingerprint density at radius 3 is 3.06 bits per heavy atom. The lowest BCUT2D eigenvalue weighted by Gasteiger charge is -2.26. The first-order valence-corrected chi connectivity index (χ1v) is 6.85. The van der Waals surface area contributed by atoms with Crippen LogP contribution in [0.5, 0.6) is 0 Å². The van der Waals surface area contributed by atoms with Gasteiger partial charge in [0.1, 0.15) is 0 Å². The van der Waals surface area contributed by atoms with Crippen molar-refractivity contribution in [1.82, 2.24) is 5.32 Å². The van der Waals surface area contributed by atoms with Gasteiger partial charge in [0.15, 0.2) is 0 Å². The van der Waals surface area contributed by atoms with Gasteiger partial charge in [-0.3, -0.25) is 0 Å². The zero-order valence-electron chi connectivity index (χ0n) is 10.1. The van der Waals surface area contributed by atoms with E-state index in [1.807, 2.05) is 0 Å². The molecule has 0 bridgehead atoms. The van der Waals surface area contributed by atoms with Crippen LogP contribution in [0.3, 0.4) is 0 Å². The number of hydrogen-bond donors (Lipinski definition) is 2. The summed E-state index contributed by atoms with van der Waals surface area (Å²) in [5, 5.41) is 12.6. The third-order valence-corrected chi connectivity index (χ3v) is 3.78.